The number of hydrogen-bond donors (Lipinski definition) is 1. The zero-order valence-corrected chi connectivity index (χ0v) is 17.9. The summed E-state index contributed by atoms with van der Waals surface area (Å²) in [5, 5.41) is 7.54. The van der Waals surface area contributed by atoms with Gasteiger partial charge in [-0.25, -0.2) is 4.68 Å². The summed E-state index contributed by atoms with van der Waals surface area (Å²) in [6.45, 7) is 6.88. The van der Waals surface area contributed by atoms with E-state index in [0.29, 0.717) is 13.0 Å². The molecule has 156 valence electrons. The SMILES string of the molecule is Cc1cc(C)n(-c2ccc(CC(=O)NCc3ccc(N4CCCCC4)cc3)cc2)n1. The Hall–Kier alpha value is -3.08. The van der Waals surface area contributed by atoms with E-state index in [4.69, 9.17) is 0 Å². The molecule has 0 bridgehead atoms. The van der Waals surface area contributed by atoms with Crippen molar-refractivity contribution in [3.05, 3.63) is 77.1 Å². The zero-order chi connectivity index (χ0) is 20.9. The molecule has 0 atom stereocenters. The summed E-state index contributed by atoms with van der Waals surface area (Å²) >= 11 is 0. The van der Waals surface area contributed by atoms with E-state index in [0.717, 1.165) is 41.3 Å². The van der Waals surface area contributed by atoms with Crippen LogP contribution in [0.15, 0.2) is 54.6 Å². The first-order valence-electron chi connectivity index (χ1n) is 10.8. The molecule has 5 nitrogen and oxygen atoms in total. The smallest absolute Gasteiger partial charge is 0.224 e. The first-order chi connectivity index (χ1) is 14.6. The number of anilines is 1. The highest BCUT2D eigenvalue weighted by molar-refractivity contribution is 5.78. The Morgan fingerprint density at radius 3 is 2.17 bits per heavy atom. The zero-order valence-electron chi connectivity index (χ0n) is 17.9. The van der Waals surface area contributed by atoms with Crippen LogP contribution >= 0.6 is 0 Å². The fourth-order valence-electron chi connectivity index (χ4n) is 4.07. The third kappa shape index (κ3) is 4.90. The quantitative estimate of drug-likeness (QED) is 0.667. The van der Waals surface area contributed by atoms with E-state index in [2.05, 4.69) is 45.6 Å². The van der Waals surface area contributed by atoms with Crippen LogP contribution in [0.3, 0.4) is 0 Å². The summed E-state index contributed by atoms with van der Waals surface area (Å²) in [6.07, 6.45) is 4.27. The average molecular weight is 403 g/mol. The molecule has 1 saturated heterocycles. The Morgan fingerprint density at radius 2 is 1.53 bits per heavy atom. The molecule has 1 aromatic heterocycles. The van der Waals surface area contributed by atoms with Crippen molar-refractivity contribution in [1.82, 2.24) is 15.1 Å². The van der Waals surface area contributed by atoms with Crippen LogP contribution in [0.4, 0.5) is 5.69 Å². The molecule has 0 radical (unpaired) electrons. The minimum absolute atomic E-state index is 0.0361. The van der Waals surface area contributed by atoms with Crippen LogP contribution < -0.4 is 10.2 Å². The molecule has 30 heavy (non-hydrogen) atoms. The number of nitrogens with one attached hydrogen (secondary N) is 1. The second-order valence-electron chi connectivity index (χ2n) is 8.17. The molecular weight excluding hydrogens is 372 g/mol. The van der Waals surface area contributed by atoms with Gasteiger partial charge in [0.05, 0.1) is 17.8 Å². The Kier molecular flexibility index (Phi) is 6.17. The molecular formula is C25H30N4O. The second-order valence-corrected chi connectivity index (χ2v) is 8.17. The van der Waals surface area contributed by atoms with Gasteiger partial charge in [0.2, 0.25) is 5.91 Å². The number of hydrogen-bond acceptors (Lipinski definition) is 3. The highest BCUT2D eigenvalue weighted by atomic mass is 16.1. The van der Waals surface area contributed by atoms with Crippen molar-refractivity contribution in [2.24, 2.45) is 0 Å². The van der Waals surface area contributed by atoms with Crippen molar-refractivity contribution in [1.29, 1.82) is 0 Å². The number of carbonyl (C=O) groups is 1. The molecule has 0 spiro atoms. The highest BCUT2D eigenvalue weighted by Crippen LogP contribution is 2.20. The van der Waals surface area contributed by atoms with Crippen LogP contribution in [-0.2, 0) is 17.8 Å². The topological polar surface area (TPSA) is 50.2 Å². The van der Waals surface area contributed by atoms with E-state index in [-0.39, 0.29) is 5.91 Å². The van der Waals surface area contributed by atoms with Crippen LogP contribution in [0.25, 0.3) is 5.69 Å². The van der Waals surface area contributed by atoms with Crippen molar-refractivity contribution in [3.8, 4) is 5.69 Å². The second kappa shape index (κ2) is 9.16. The van der Waals surface area contributed by atoms with Gasteiger partial charge in [0.25, 0.3) is 0 Å². The van der Waals surface area contributed by atoms with Gasteiger partial charge in [-0.3, -0.25) is 4.79 Å². The summed E-state index contributed by atoms with van der Waals surface area (Å²) in [7, 11) is 0. The summed E-state index contributed by atoms with van der Waals surface area (Å²) < 4.78 is 1.92. The molecule has 2 heterocycles. The van der Waals surface area contributed by atoms with Crippen molar-refractivity contribution in [2.45, 2.75) is 46.1 Å². The van der Waals surface area contributed by atoms with Crippen LogP contribution in [-0.4, -0.2) is 28.8 Å². The van der Waals surface area contributed by atoms with Gasteiger partial charge in [0.1, 0.15) is 0 Å². The van der Waals surface area contributed by atoms with Gasteiger partial charge in [0.15, 0.2) is 0 Å². The molecule has 3 aromatic rings. The van der Waals surface area contributed by atoms with Crippen molar-refractivity contribution in [2.75, 3.05) is 18.0 Å². The van der Waals surface area contributed by atoms with E-state index in [1.807, 2.05) is 42.8 Å². The predicted molar refractivity (Wildman–Crippen MR) is 121 cm³/mol. The fourth-order valence-corrected chi connectivity index (χ4v) is 4.07. The first kappa shape index (κ1) is 20.2. The molecule has 5 heteroatoms. The van der Waals surface area contributed by atoms with Crippen LogP contribution in [0.2, 0.25) is 0 Å². The molecule has 2 aromatic carbocycles. The lowest BCUT2D eigenvalue weighted by molar-refractivity contribution is -0.120. The number of aryl methyl sites for hydroxylation is 2. The molecule has 1 N–H and O–H groups in total. The lowest BCUT2D eigenvalue weighted by atomic mass is 10.1. The maximum absolute atomic E-state index is 12.4. The molecule has 1 amide bonds. The van der Waals surface area contributed by atoms with Crippen molar-refractivity contribution in [3.63, 3.8) is 0 Å². The Balaban J connectivity index is 1.29. The van der Waals surface area contributed by atoms with Gasteiger partial charge in [-0.1, -0.05) is 24.3 Å². The molecule has 4 rings (SSSR count). The van der Waals surface area contributed by atoms with Gasteiger partial charge >= 0.3 is 0 Å². The van der Waals surface area contributed by atoms with Crippen LogP contribution in [0.5, 0.6) is 0 Å². The van der Waals surface area contributed by atoms with Gasteiger partial charge in [0, 0.05) is 31.0 Å². The number of piperidine rings is 1. The summed E-state index contributed by atoms with van der Waals surface area (Å²) in [5.41, 5.74) is 6.53. The number of rotatable bonds is 6. The van der Waals surface area contributed by atoms with E-state index in [1.54, 1.807) is 0 Å². The molecule has 1 aliphatic rings. The van der Waals surface area contributed by atoms with Crippen molar-refractivity contribution >= 4 is 11.6 Å². The number of carbonyl (C=O) groups excluding carboxylic acids is 1. The summed E-state index contributed by atoms with van der Waals surface area (Å²) in [4.78, 5) is 14.8. The largest absolute Gasteiger partial charge is 0.372 e. The van der Waals surface area contributed by atoms with E-state index in [9.17, 15) is 4.79 Å². The van der Waals surface area contributed by atoms with E-state index in [1.165, 1.54) is 24.9 Å². The molecule has 0 saturated carbocycles. The Labute approximate surface area is 178 Å². The molecule has 0 unspecified atom stereocenters. The monoisotopic (exact) mass is 402 g/mol. The Morgan fingerprint density at radius 1 is 0.900 bits per heavy atom. The number of aromatic nitrogens is 2. The van der Waals surface area contributed by atoms with Crippen molar-refractivity contribution < 1.29 is 4.79 Å². The maximum atomic E-state index is 12.4. The minimum atomic E-state index is 0.0361. The van der Waals surface area contributed by atoms with Gasteiger partial charge in [-0.05, 0) is 74.6 Å². The number of nitrogens with zero attached hydrogens (tertiary/aromatic N) is 3. The normalized spacial score (nSPS) is 14.0. The van der Waals surface area contributed by atoms with Crippen LogP contribution in [0.1, 0.15) is 41.8 Å². The lowest BCUT2D eigenvalue weighted by Gasteiger charge is -2.28. The van der Waals surface area contributed by atoms with Gasteiger partial charge < -0.3 is 10.2 Å². The van der Waals surface area contributed by atoms with E-state index >= 15 is 0 Å². The first-order valence-corrected chi connectivity index (χ1v) is 10.8. The number of amides is 1. The third-order valence-electron chi connectivity index (χ3n) is 5.70. The third-order valence-corrected chi connectivity index (χ3v) is 5.70. The standard InChI is InChI=1S/C25H30N4O/c1-19-16-20(2)29(27-19)24-12-6-21(7-13-24)17-25(30)26-18-22-8-10-23(11-9-22)28-14-4-3-5-15-28/h6-13,16H,3-5,14-15,17-18H2,1-2H3,(H,26,30). The van der Waals surface area contributed by atoms with Crippen LogP contribution in [0, 0.1) is 13.8 Å². The summed E-state index contributed by atoms with van der Waals surface area (Å²) in [5.74, 6) is 0.0361. The fraction of sp³-hybridized carbons (Fsp3) is 0.360. The van der Waals surface area contributed by atoms with E-state index < -0.39 is 0 Å². The predicted octanol–water partition coefficient (Wildman–Crippen LogP) is 4.34. The molecule has 1 aliphatic heterocycles. The molecule has 0 aliphatic carbocycles. The minimum Gasteiger partial charge on any atom is -0.372 e. The van der Waals surface area contributed by atoms with Gasteiger partial charge in [-0.15, -0.1) is 0 Å². The summed E-state index contributed by atoms with van der Waals surface area (Å²) in [6, 6.07) is 18.7. The number of benzene rings is 2. The lowest BCUT2D eigenvalue weighted by Crippen LogP contribution is -2.29. The maximum Gasteiger partial charge on any atom is 0.224 e. The molecule has 1 fully saturated rings. The highest BCUT2D eigenvalue weighted by Gasteiger charge is 2.11. The average Bonchev–Trinajstić information content (AvgIpc) is 3.12. The van der Waals surface area contributed by atoms with Gasteiger partial charge in [-0.2, -0.15) is 5.10 Å². The Bertz CT molecular complexity index is 983.